The van der Waals surface area contributed by atoms with Crippen molar-refractivity contribution in [1.82, 2.24) is 9.88 Å². The average Bonchev–Trinajstić information content (AvgIpc) is 3.18. The number of amides is 1. The van der Waals surface area contributed by atoms with Gasteiger partial charge < -0.3 is 29.8 Å². The highest BCUT2D eigenvalue weighted by molar-refractivity contribution is 6.05. The summed E-state index contributed by atoms with van der Waals surface area (Å²) in [5.74, 6) is 1.41. The van der Waals surface area contributed by atoms with Crippen LogP contribution in [0.3, 0.4) is 0 Å². The predicted molar refractivity (Wildman–Crippen MR) is 147 cm³/mol. The Morgan fingerprint density at radius 1 is 1.13 bits per heavy atom. The van der Waals surface area contributed by atoms with Crippen LogP contribution in [0.1, 0.15) is 66.8 Å². The molecule has 0 saturated carbocycles. The maximum absolute atomic E-state index is 13.5. The highest BCUT2D eigenvalue weighted by Gasteiger charge is 2.25. The van der Waals surface area contributed by atoms with Gasteiger partial charge in [-0.25, -0.2) is 0 Å². The van der Waals surface area contributed by atoms with Gasteiger partial charge in [0.15, 0.2) is 17.3 Å². The Morgan fingerprint density at radius 3 is 2.47 bits per heavy atom. The summed E-state index contributed by atoms with van der Waals surface area (Å²) >= 11 is 0. The number of nitriles is 1. The number of fused-ring (bicyclic) bond motifs is 1. The van der Waals surface area contributed by atoms with E-state index in [1.165, 1.54) is 0 Å². The molecule has 0 fully saturated rings. The summed E-state index contributed by atoms with van der Waals surface area (Å²) < 4.78 is 19.0. The summed E-state index contributed by atoms with van der Waals surface area (Å²) in [4.78, 5) is 25.9. The number of carbonyl (C=O) groups is 2. The zero-order valence-corrected chi connectivity index (χ0v) is 22.9. The fourth-order valence-electron chi connectivity index (χ4n) is 4.25. The van der Waals surface area contributed by atoms with E-state index in [4.69, 9.17) is 25.2 Å². The maximum atomic E-state index is 13.5. The summed E-state index contributed by atoms with van der Waals surface area (Å²) in [7, 11) is 3.13. The van der Waals surface area contributed by atoms with Crippen LogP contribution < -0.4 is 25.3 Å². The lowest BCUT2D eigenvalue weighted by Crippen LogP contribution is -2.19. The minimum absolute atomic E-state index is 0.0103. The first-order valence-electron chi connectivity index (χ1n) is 12.6. The number of carbonyl (C=O) groups excluding carboxylic acids is 2. The van der Waals surface area contributed by atoms with Crippen molar-refractivity contribution in [3.63, 3.8) is 0 Å². The molecular weight excluding hydrogens is 484 g/mol. The molecule has 0 aliphatic heterocycles. The van der Waals surface area contributed by atoms with Gasteiger partial charge in [-0.3, -0.25) is 9.59 Å². The molecule has 0 aliphatic rings. The molecule has 1 aromatic heterocycles. The monoisotopic (exact) mass is 520 g/mol. The van der Waals surface area contributed by atoms with Gasteiger partial charge in [-0.15, -0.1) is 0 Å². The molecule has 202 valence electrons. The van der Waals surface area contributed by atoms with Gasteiger partial charge in [-0.05, 0) is 43.0 Å². The second-order valence-electron chi connectivity index (χ2n) is 9.93. The molecule has 9 nitrogen and oxygen atoms in total. The van der Waals surface area contributed by atoms with Crippen molar-refractivity contribution in [2.45, 2.75) is 52.5 Å². The topological polar surface area (TPSA) is 129 Å². The van der Waals surface area contributed by atoms with E-state index >= 15 is 0 Å². The van der Waals surface area contributed by atoms with Crippen LogP contribution in [0.4, 0.5) is 5.82 Å². The van der Waals surface area contributed by atoms with E-state index in [-0.39, 0.29) is 23.7 Å². The molecule has 3 N–H and O–H groups in total. The molecule has 0 radical (unpaired) electrons. The summed E-state index contributed by atoms with van der Waals surface area (Å²) in [6, 6.07) is 9.07. The lowest BCUT2D eigenvalue weighted by atomic mass is 9.84. The molecule has 0 bridgehead atoms. The largest absolute Gasteiger partial charge is 0.493 e. The van der Waals surface area contributed by atoms with Crippen LogP contribution in [0.25, 0.3) is 10.8 Å². The molecule has 0 aliphatic carbocycles. The van der Waals surface area contributed by atoms with Gasteiger partial charge in [0.1, 0.15) is 11.6 Å². The Labute approximate surface area is 223 Å². The third-order valence-electron chi connectivity index (χ3n) is 6.20. The second-order valence-corrected chi connectivity index (χ2v) is 9.93. The van der Waals surface area contributed by atoms with Crippen molar-refractivity contribution >= 4 is 28.3 Å². The third-order valence-corrected chi connectivity index (χ3v) is 6.20. The average molecular weight is 521 g/mol. The fraction of sp³-hybridized carbons (Fsp3) is 0.414. The summed E-state index contributed by atoms with van der Waals surface area (Å²) in [5.41, 5.74) is 7.79. The second kappa shape index (κ2) is 11.9. The number of nitrogen functional groups attached to an aromatic ring is 1. The van der Waals surface area contributed by atoms with E-state index in [1.807, 2.05) is 33.8 Å². The molecule has 3 aromatic rings. The van der Waals surface area contributed by atoms with E-state index in [2.05, 4.69) is 11.4 Å². The van der Waals surface area contributed by atoms with E-state index in [1.54, 1.807) is 43.1 Å². The Balaban J connectivity index is 2.02. The number of anilines is 1. The Morgan fingerprint density at radius 2 is 1.87 bits per heavy atom. The molecule has 1 amide bonds. The van der Waals surface area contributed by atoms with Crippen LogP contribution in [0, 0.1) is 11.3 Å². The van der Waals surface area contributed by atoms with Crippen LogP contribution >= 0.6 is 0 Å². The SMILES string of the molecule is CCOc1cc2cn(CC(=O)c3cc(OCCCC#N)c(OC)c(C(C)(C)C)c3)c(N)c2cc1C(=O)NC. The molecule has 0 spiro atoms. The number of nitrogens with one attached hydrogen (secondary N) is 1. The zero-order valence-electron chi connectivity index (χ0n) is 22.9. The maximum Gasteiger partial charge on any atom is 0.254 e. The zero-order chi connectivity index (χ0) is 28.0. The van der Waals surface area contributed by atoms with Gasteiger partial charge in [0.2, 0.25) is 0 Å². The molecule has 38 heavy (non-hydrogen) atoms. The van der Waals surface area contributed by atoms with Crippen LogP contribution in [0.5, 0.6) is 17.2 Å². The fourth-order valence-corrected chi connectivity index (χ4v) is 4.25. The number of rotatable bonds is 11. The van der Waals surface area contributed by atoms with Crippen molar-refractivity contribution in [3.8, 4) is 23.3 Å². The van der Waals surface area contributed by atoms with Crippen molar-refractivity contribution in [2.24, 2.45) is 0 Å². The molecular formula is C29H36N4O5. The number of benzene rings is 2. The van der Waals surface area contributed by atoms with Crippen LogP contribution in [0.2, 0.25) is 0 Å². The van der Waals surface area contributed by atoms with Crippen molar-refractivity contribution in [3.05, 3.63) is 47.2 Å². The van der Waals surface area contributed by atoms with Crippen molar-refractivity contribution < 1.29 is 23.8 Å². The lowest BCUT2D eigenvalue weighted by molar-refractivity contribution is 0.0955. The van der Waals surface area contributed by atoms with Crippen molar-refractivity contribution in [1.29, 1.82) is 5.26 Å². The predicted octanol–water partition coefficient (Wildman–Crippen LogP) is 4.85. The van der Waals surface area contributed by atoms with Gasteiger partial charge >= 0.3 is 0 Å². The number of aromatic nitrogens is 1. The third kappa shape index (κ3) is 6.02. The van der Waals surface area contributed by atoms with Gasteiger partial charge in [-0.1, -0.05) is 20.8 Å². The number of Topliss-reactive ketones (excluding diaryl/α,β-unsaturated/α-hetero) is 1. The number of ether oxygens (including phenoxy) is 3. The molecule has 1 heterocycles. The number of nitrogens with zero attached hydrogens (tertiary/aromatic N) is 2. The van der Waals surface area contributed by atoms with Gasteiger partial charge in [0.25, 0.3) is 5.91 Å². The molecule has 0 atom stereocenters. The molecule has 3 rings (SSSR count). The molecule has 0 saturated heterocycles. The highest BCUT2D eigenvalue weighted by Crippen LogP contribution is 2.40. The molecule has 0 unspecified atom stereocenters. The van der Waals surface area contributed by atoms with E-state index in [9.17, 15) is 9.59 Å². The lowest BCUT2D eigenvalue weighted by Gasteiger charge is -2.25. The summed E-state index contributed by atoms with van der Waals surface area (Å²) in [5, 5.41) is 12.9. The standard InChI is InChI=1S/C29H36N4O5/c1-7-37-24-14-19-16-33(27(31)20(19)15-21(24)28(35)32-5)17-23(34)18-12-22(29(2,3)4)26(36-6)25(13-18)38-11-9-8-10-30/h12-16H,7-9,11,17,31H2,1-6H3,(H,32,35). The minimum Gasteiger partial charge on any atom is -0.493 e. The van der Waals surface area contributed by atoms with Crippen molar-refractivity contribution in [2.75, 3.05) is 33.1 Å². The number of ketones is 1. The summed E-state index contributed by atoms with van der Waals surface area (Å²) in [6.45, 7) is 8.68. The van der Waals surface area contributed by atoms with Gasteiger partial charge in [0.05, 0.1) is 38.5 Å². The number of methoxy groups -OCH3 is 1. The normalized spacial score (nSPS) is 11.2. The van der Waals surface area contributed by atoms with Crippen LogP contribution in [0.15, 0.2) is 30.5 Å². The number of unbranched alkanes of at least 4 members (excludes halogenated alkanes) is 1. The van der Waals surface area contributed by atoms with E-state index in [0.29, 0.717) is 65.6 Å². The van der Waals surface area contributed by atoms with Gasteiger partial charge in [-0.2, -0.15) is 5.26 Å². The quantitative estimate of drug-likeness (QED) is 0.273. The van der Waals surface area contributed by atoms with Crippen LogP contribution in [-0.4, -0.2) is 43.6 Å². The highest BCUT2D eigenvalue weighted by atomic mass is 16.5. The first kappa shape index (κ1) is 28.4. The first-order chi connectivity index (χ1) is 18.0. The van der Waals surface area contributed by atoms with E-state index < -0.39 is 0 Å². The number of hydrogen-bond donors (Lipinski definition) is 2. The Bertz CT molecular complexity index is 1380. The molecule has 2 aromatic carbocycles. The van der Waals surface area contributed by atoms with Crippen LogP contribution in [-0.2, 0) is 12.0 Å². The Kier molecular flexibility index (Phi) is 8.89. The number of nitrogens with two attached hydrogens (primary N) is 1. The summed E-state index contributed by atoms with van der Waals surface area (Å²) in [6.07, 6.45) is 2.73. The van der Waals surface area contributed by atoms with Gasteiger partial charge in [0, 0.05) is 41.6 Å². The Hall–Kier alpha value is -4.19. The first-order valence-corrected chi connectivity index (χ1v) is 12.6. The molecule has 9 heteroatoms. The number of hydrogen-bond acceptors (Lipinski definition) is 7. The smallest absolute Gasteiger partial charge is 0.254 e. The minimum atomic E-state index is -0.320. The van der Waals surface area contributed by atoms with E-state index in [0.717, 1.165) is 10.9 Å².